The van der Waals surface area contributed by atoms with E-state index in [1.807, 2.05) is 69.3 Å². The first kappa shape index (κ1) is 21.5. The Hall–Kier alpha value is -2.25. The maximum atomic E-state index is 12.9. The summed E-state index contributed by atoms with van der Waals surface area (Å²) in [6, 6.07) is 13.3. The maximum Gasteiger partial charge on any atom is 0.266 e. The lowest BCUT2D eigenvalue weighted by Gasteiger charge is -2.12. The molecule has 0 N–H and O–H groups in total. The fraction of sp³-hybridized carbons (Fsp3) is 0.273. The second-order valence-electron chi connectivity index (χ2n) is 6.10. The number of nitrogens with zero attached hydrogens (tertiary/aromatic N) is 2. The fourth-order valence-electron chi connectivity index (χ4n) is 2.82. The molecule has 0 radical (unpaired) electrons. The van der Waals surface area contributed by atoms with Gasteiger partial charge in [0.25, 0.3) is 5.91 Å². The van der Waals surface area contributed by atoms with Gasteiger partial charge in [-0.15, -0.1) is 0 Å². The Kier molecular flexibility index (Phi) is 7.39. The monoisotopic (exact) mass is 474 g/mol. The molecule has 2 aromatic carbocycles. The minimum atomic E-state index is -0.0513. The summed E-state index contributed by atoms with van der Waals surface area (Å²) in [6.45, 7) is 7.56. The van der Waals surface area contributed by atoms with Crippen molar-refractivity contribution in [3.05, 3.63) is 57.4 Å². The van der Waals surface area contributed by atoms with Crippen LogP contribution in [0.25, 0.3) is 6.08 Å². The molecule has 1 aliphatic heterocycles. The van der Waals surface area contributed by atoms with E-state index in [1.165, 1.54) is 11.8 Å². The van der Waals surface area contributed by atoms with Crippen molar-refractivity contribution in [1.82, 2.24) is 4.90 Å². The van der Waals surface area contributed by atoms with E-state index in [1.54, 1.807) is 4.90 Å². The van der Waals surface area contributed by atoms with E-state index < -0.39 is 0 Å². The van der Waals surface area contributed by atoms with Crippen LogP contribution in [0.2, 0.25) is 0 Å². The molecule has 1 saturated heterocycles. The number of benzene rings is 2. The summed E-state index contributed by atoms with van der Waals surface area (Å²) in [5.74, 6) is 1.50. The Bertz CT molecular complexity index is 942. The molecule has 1 amide bonds. The third-order valence-corrected chi connectivity index (χ3v) is 5.63. The average molecular weight is 475 g/mol. The normalized spacial score (nSPS) is 16.7. The number of ether oxygens (including phenoxy) is 2. The van der Waals surface area contributed by atoms with Crippen molar-refractivity contribution in [3.8, 4) is 11.5 Å². The average Bonchev–Trinajstić information content (AvgIpc) is 3.00. The summed E-state index contributed by atoms with van der Waals surface area (Å²) in [6.07, 6.45) is 1.87. The van der Waals surface area contributed by atoms with Gasteiger partial charge < -0.3 is 9.47 Å². The lowest BCUT2D eigenvalue weighted by molar-refractivity contribution is -0.122. The van der Waals surface area contributed by atoms with Crippen LogP contribution in [0, 0.1) is 0 Å². The van der Waals surface area contributed by atoms with Gasteiger partial charge in [0.1, 0.15) is 11.5 Å². The van der Waals surface area contributed by atoms with E-state index >= 15 is 0 Å². The number of carbonyl (C=O) groups excluding carboxylic acids is 1. The molecule has 2 aromatic rings. The second kappa shape index (κ2) is 9.98. The van der Waals surface area contributed by atoms with E-state index in [9.17, 15) is 4.79 Å². The van der Waals surface area contributed by atoms with Gasteiger partial charge in [-0.1, -0.05) is 15.9 Å². The molecule has 152 valence electrons. The summed E-state index contributed by atoms with van der Waals surface area (Å²) in [7, 11) is 0. The van der Waals surface area contributed by atoms with Crippen LogP contribution in [0.3, 0.4) is 0 Å². The third-order valence-electron chi connectivity index (χ3n) is 4.14. The van der Waals surface area contributed by atoms with Gasteiger partial charge in [-0.2, -0.15) is 0 Å². The van der Waals surface area contributed by atoms with Crippen molar-refractivity contribution in [3.63, 3.8) is 0 Å². The van der Waals surface area contributed by atoms with Crippen molar-refractivity contribution in [1.29, 1.82) is 0 Å². The first-order valence-electron chi connectivity index (χ1n) is 9.51. The maximum absolute atomic E-state index is 12.9. The minimum absolute atomic E-state index is 0.0513. The highest BCUT2D eigenvalue weighted by atomic mass is 79.9. The lowest BCUT2D eigenvalue weighted by atomic mass is 10.2. The Morgan fingerprint density at radius 2 is 1.79 bits per heavy atom. The quantitative estimate of drug-likeness (QED) is 0.470. The highest BCUT2D eigenvalue weighted by Gasteiger charge is 2.32. The highest BCUT2D eigenvalue weighted by Crippen LogP contribution is 2.36. The molecule has 7 heteroatoms. The summed E-state index contributed by atoms with van der Waals surface area (Å²) >= 11 is 4.86. The van der Waals surface area contributed by atoms with Crippen molar-refractivity contribution in [2.45, 2.75) is 20.8 Å². The Labute approximate surface area is 183 Å². The Morgan fingerprint density at radius 1 is 1.07 bits per heavy atom. The van der Waals surface area contributed by atoms with E-state index in [2.05, 4.69) is 20.9 Å². The van der Waals surface area contributed by atoms with Crippen LogP contribution in [-0.2, 0) is 4.79 Å². The predicted molar refractivity (Wildman–Crippen MR) is 123 cm³/mol. The van der Waals surface area contributed by atoms with Crippen LogP contribution in [0.15, 0.2) is 56.8 Å². The van der Waals surface area contributed by atoms with Crippen molar-refractivity contribution >= 4 is 50.5 Å². The molecule has 0 atom stereocenters. The molecular formula is C22H23BrN2O3S. The smallest absolute Gasteiger partial charge is 0.266 e. The van der Waals surface area contributed by atoms with E-state index in [0.29, 0.717) is 29.8 Å². The molecule has 1 heterocycles. The van der Waals surface area contributed by atoms with Crippen LogP contribution >= 0.6 is 27.7 Å². The van der Waals surface area contributed by atoms with Crippen molar-refractivity contribution in [2.75, 3.05) is 19.8 Å². The number of aliphatic imine (C=N–C) groups is 1. The van der Waals surface area contributed by atoms with Gasteiger partial charge in [-0.3, -0.25) is 9.69 Å². The van der Waals surface area contributed by atoms with Gasteiger partial charge in [0, 0.05) is 16.6 Å². The number of hydrogen-bond acceptors (Lipinski definition) is 5. The van der Waals surface area contributed by atoms with Gasteiger partial charge in [-0.05, 0) is 81.1 Å². The molecule has 0 aliphatic carbocycles. The Balaban J connectivity index is 1.91. The highest BCUT2D eigenvalue weighted by molar-refractivity contribution is 9.10. The number of amides is 1. The number of hydrogen-bond donors (Lipinski definition) is 0. The fourth-order valence-corrected chi connectivity index (χ4v) is 4.26. The first-order chi connectivity index (χ1) is 14.0. The number of halogens is 1. The first-order valence-corrected chi connectivity index (χ1v) is 11.1. The van der Waals surface area contributed by atoms with Gasteiger partial charge >= 0.3 is 0 Å². The standard InChI is InChI=1S/C22H23BrN2O3S/c1-4-25-21(26)20(14-15-13-16(23)7-12-19(15)28-6-3)29-22(25)24-17-8-10-18(11-9-17)27-5-2/h7-14H,4-6H2,1-3H3/b20-14+,24-22?. The zero-order valence-electron chi connectivity index (χ0n) is 16.6. The molecular weight excluding hydrogens is 452 g/mol. The molecule has 3 rings (SSSR count). The molecule has 5 nitrogen and oxygen atoms in total. The zero-order chi connectivity index (χ0) is 20.8. The number of carbonyl (C=O) groups is 1. The Morgan fingerprint density at radius 3 is 2.45 bits per heavy atom. The number of amidine groups is 1. The van der Waals surface area contributed by atoms with Gasteiger partial charge in [0.2, 0.25) is 0 Å². The summed E-state index contributed by atoms with van der Waals surface area (Å²) in [5.41, 5.74) is 1.64. The number of likely N-dealkylation sites (N-methyl/N-ethyl adjacent to an activating group) is 1. The number of rotatable bonds is 7. The van der Waals surface area contributed by atoms with Crippen LogP contribution in [-0.4, -0.2) is 35.7 Å². The van der Waals surface area contributed by atoms with Gasteiger partial charge in [0.05, 0.1) is 23.8 Å². The third kappa shape index (κ3) is 5.22. The predicted octanol–water partition coefficient (Wildman–Crippen LogP) is 5.87. The van der Waals surface area contributed by atoms with Crippen LogP contribution < -0.4 is 9.47 Å². The topological polar surface area (TPSA) is 51.1 Å². The van der Waals surface area contributed by atoms with E-state index in [0.717, 1.165) is 27.2 Å². The zero-order valence-corrected chi connectivity index (χ0v) is 19.0. The van der Waals surface area contributed by atoms with Crippen LogP contribution in [0.1, 0.15) is 26.3 Å². The lowest BCUT2D eigenvalue weighted by Crippen LogP contribution is -2.28. The largest absolute Gasteiger partial charge is 0.494 e. The van der Waals surface area contributed by atoms with E-state index in [-0.39, 0.29) is 5.91 Å². The van der Waals surface area contributed by atoms with Crippen molar-refractivity contribution in [2.24, 2.45) is 4.99 Å². The molecule has 1 fully saturated rings. The number of thioether (sulfide) groups is 1. The summed E-state index contributed by atoms with van der Waals surface area (Å²) < 4.78 is 12.1. The molecule has 0 saturated carbocycles. The molecule has 0 spiro atoms. The van der Waals surface area contributed by atoms with Gasteiger partial charge in [0.15, 0.2) is 5.17 Å². The van der Waals surface area contributed by atoms with Crippen LogP contribution in [0.4, 0.5) is 5.69 Å². The molecule has 0 unspecified atom stereocenters. The second-order valence-corrected chi connectivity index (χ2v) is 8.02. The molecule has 0 aromatic heterocycles. The SMILES string of the molecule is CCOc1ccc(N=C2S/C(=C/c3cc(Br)ccc3OCC)C(=O)N2CC)cc1. The van der Waals surface area contributed by atoms with Crippen molar-refractivity contribution < 1.29 is 14.3 Å². The minimum Gasteiger partial charge on any atom is -0.494 e. The molecule has 0 bridgehead atoms. The molecule has 29 heavy (non-hydrogen) atoms. The summed E-state index contributed by atoms with van der Waals surface area (Å²) in [4.78, 5) is 19.9. The summed E-state index contributed by atoms with van der Waals surface area (Å²) in [5, 5.41) is 0.667. The molecule has 1 aliphatic rings. The van der Waals surface area contributed by atoms with Gasteiger partial charge in [-0.25, -0.2) is 4.99 Å². The van der Waals surface area contributed by atoms with Crippen LogP contribution in [0.5, 0.6) is 11.5 Å². The van der Waals surface area contributed by atoms with E-state index in [4.69, 9.17) is 9.47 Å².